The van der Waals surface area contributed by atoms with E-state index in [1.54, 1.807) is 34.9 Å². The van der Waals surface area contributed by atoms with Crippen LogP contribution >= 0.6 is 23.4 Å². The zero-order valence-electron chi connectivity index (χ0n) is 16.7. The van der Waals surface area contributed by atoms with Crippen LogP contribution in [0.3, 0.4) is 0 Å². The molecule has 0 aliphatic carbocycles. The Morgan fingerprint density at radius 2 is 1.66 bits per heavy atom. The quantitative estimate of drug-likeness (QED) is 0.196. The maximum Gasteiger partial charge on any atom is 0.266 e. The van der Waals surface area contributed by atoms with Gasteiger partial charge in [-0.1, -0.05) is 53.7 Å². The third-order valence-corrected chi connectivity index (χ3v) is 6.42. The number of benzene rings is 3. The molecule has 7 heteroatoms. The number of hydrogen-bond donors (Lipinski definition) is 0. The van der Waals surface area contributed by atoms with Crippen molar-refractivity contribution in [2.24, 2.45) is 0 Å². The summed E-state index contributed by atoms with van der Waals surface area (Å²) >= 11 is 7.86. The van der Waals surface area contributed by atoms with Crippen LogP contribution in [0.4, 0.5) is 0 Å². The van der Waals surface area contributed by atoms with Gasteiger partial charge < -0.3 is 0 Å². The molecule has 2 heterocycles. The molecule has 32 heavy (non-hydrogen) atoms. The van der Waals surface area contributed by atoms with Crippen LogP contribution in [0.25, 0.3) is 27.5 Å². The average molecular weight is 455 g/mol. The van der Waals surface area contributed by atoms with Gasteiger partial charge in [0.1, 0.15) is 5.15 Å². The van der Waals surface area contributed by atoms with E-state index in [2.05, 4.69) is 11.1 Å². The highest BCUT2D eigenvalue weighted by atomic mass is 35.5. The first-order valence-electron chi connectivity index (χ1n) is 9.83. The zero-order valence-corrected chi connectivity index (χ0v) is 18.3. The van der Waals surface area contributed by atoms with Crippen molar-refractivity contribution >= 4 is 45.2 Å². The molecule has 0 atom stereocenters. The largest absolute Gasteiger partial charge is 0.268 e. The van der Waals surface area contributed by atoms with E-state index in [1.807, 2.05) is 48.5 Å². The standard InChI is InChI=1S/C25H15ClN4OS/c26-23-18(13-17-5-1-3-7-21(17)28-23)15-32-25-29-22-8-4-2-6-20(22)24(31)30(25)19-11-9-16(14-27)10-12-19/h1-13H,15H2. The molecular formula is C25H15ClN4OS. The minimum absolute atomic E-state index is 0.162. The third kappa shape index (κ3) is 3.73. The van der Waals surface area contributed by atoms with Gasteiger partial charge in [-0.3, -0.25) is 9.36 Å². The van der Waals surface area contributed by atoms with E-state index in [-0.39, 0.29) is 5.56 Å². The number of rotatable bonds is 4. The van der Waals surface area contributed by atoms with Crippen molar-refractivity contribution < 1.29 is 0 Å². The highest BCUT2D eigenvalue weighted by molar-refractivity contribution is 7.98. The van der Waals surface area contributed by atoms with Gasteiger partial charge in [-0.2, -0.15) is 5.26 Å². The minimum atomic E-state index is -0.162. The lowest BCUT2D eigenvalue weighted by Crippen LogP contribution is -2.21. The van der Waals surface area contributed by atoms with Crippen LogP contribution in [0.15, 0.2) is 88.8 Å². The Hall–Kier alpha value is -3.66. The van der Waals surface area contributed by atoms with Crippen molar-refractivity contribution in [3.63, 3.8) is 0 Å². The molecule has 0 bridgehead atoms. The third-order valence-electron chi connectivity index (χ3n) is 5.11. The van der Waals surface area contributed by atoms with Gasteiger partial charge in [-0.15, -0.1) is 0 Å². The average Bonchev–Trinajstić information content (AvgIpc) is 2.83. The summed E-state index contributed by atoms with van der Waals surface area (Å²) < 4.78 is 1.58. The summed E-state index contributed by atoms with van der Waals surface area (Å²) in [7, 11) is 0. The van der Waals surface area contributed by atoms with E-state index in [9.17, 15) is 4.79 Å². The summed E-state index contributed by atoms with van der Waals surface area (Å²) in [4.78, 5) is 22.6. The minimum Gasteiger partial charge on any atom is -0.268 e. The summed E-state index contributed by atoms with van der Waals surface area (Å²) in [5.74, 6) is 0.498. The monoisotopic (exact) mass is 454 g/mol. The van der Waals surface area contributed by atoms with Crippen molar-refractivity contribution in [1.82, 2.24) is 14.5 Å². The topological polar surface area (TPSA) is 71.6 Å². The zero-order chi connectivity index (χ0) is 22.1. The Balaban J connectivity index is 1.60. The first kappa shape index (κ1) is 20.3. The van der Waals surface area contributed by atoms with E-state index >= 15 is 0 Å². The van der Waals surface area contributed by atoms with Crippen LogP contribution in [0.5, 0.6) is 0 Å². The van der Waals surface area contributed by atoms with Gasteiger partial charge in [0.05, 0.1) is 33.7 Å². The van der Waals surface area contributed by atoms with Crippen LogP contribution in [0.1, 0.15) is 11.1 Å². The van der Waals surface area contributed by atoms with E-state index in [1.165, 1.54) is 11.8 Å². The predicted octanol–water partition coefficient (Wildman–Crippen LogP) is 5.75. The maximum absolute atomic E-state index is 13.4. The van der Waals surface area contributed by atoms with Crippen LogP contribution in [-0.4, -0.2) is 14.5 Å². The van der Waals surface area contributed by atoms with Gasteiger partial charge in [-0.25, -0.2) is 9.97 Å². The first-order valence-corrected chi connectivity index (χ1v) is 11.2. The Morgan fingerprint density at radius 1 is 0.938 bits per heavy atom. The number of aromatic nitrogens is 3. The van der Waals surface area contributed by atoms with Gasteiger partial charge in [0.15, 0.2) is 5.16 Å². The Bertz CT molecular complexity index is 1570. The lowest BCUT2D eigenvalue weighted by molar-refractivity contribution is 0.819. The van der Waals surface area contributed by atoms with Gasteiger partial charge in [0.25, 0.3) is 5.56 Å². The highest BCUT2D eigenvalue weighted by Crippen LogP contribution is 2.29. The molecule has 0 unspecified atom stereocenters. The molecule has 5 aromatic rings. The number of nitrogens with zero attached hydrogens (tertiary/aromatic N) is 4. The number of fused-ring (bicyclic) bond motifs is 2. The van der Waals surface area contributed by atoms with Gasteiger partial charge in [0, 0.05) is 16.7 Å². The molecule has 0 saturated heterocycles. The van der Waals surface area contributed by atoms with Gasteiger partial charge in [-0.05, 0) is 48.5 Å². The number of pyridine rings is 1. The Kier molecular flexibility index (Phi) is 5.36. The molecule has 0 fully saturated rings. The molecule has 0 saturated carbocycles. The molecule has 0 aliphatic heterocycles. The van der Waals surface area contributed by atoms with Crippen LogP contribution < -0.4 is 5.56 Å². The second kappa shape index (κ2) is 8.46. The predicted molar refractivity (Wildman–Crippen MR) is 128 cm³/mol. The van der Waals surface area contributed by atoms with Crippen molar-refractivity contribution in [1.29, 1.82) is 5.26 Å². The first-order chi connectivity index (χ1) is 15.6. The molecule has 5 nitrogen and oxygen atoms in total. The van der Waals surface area contributed by atoms with Crippen molar-refractivity contribution in [2.75, 3.05) is 0 Å². The summed E-state index contributed by atoms with van der Waals surface area (Å²) in [6.07, 6.45) is 0. The molecule has 0 amide bonds. The maximum atomic E-state index is 13.4. The molecule has 0 radical (unpaired) electrons. The van der Waals surface area contributed by atoms with Crippen molar-refractivity contribution in [3.8, 4) is 11.8 Å². The summed E-state index contributed by atoms with van der Waals surface area (Å²) in [5.41, 5.74) is 3.35. The van der Waals surface area contributed by atoms with E-state index in [0.29, 0.717) is 38.2 Å². The molecule has 3 aromatic carbocycles. The molecule has 0 N–H and O–H groups in total. The molecule has 154 valence electrons. The number of para-hydroxylation sites is 2. The number of thioether (sulfide) groups is 1. The molecular weight excluding hydrogens is 440 g/mol. The molecule has 0 aliphatic rings. The number of halogens is 1. The van der Waals surface area contributed by atoms with E-state index in [4.69, 9.17) is 21.8 Å². The van der Waals surface area contributed by atoms with Crippen LogP contribution in [0, 0.1) is 11.3 Å². The normalized spacial score (nSPS) is 11.0. The molecule has 5 rings (SSSR count). The number of nitriles is 1. The Labute approximate surface area is 192 Å². The van der Waals surface area contributed by atoms with Crippen LogP contribution in [0.2, 0.25) is 5.15 Å². The fourth-order valence-electron chi connectivity index (χ4n) is 3.50. The summed E-state index contributed by atoms with van der Waals surface area (Å²) in [6.45, 7) is 0. The fourth-order valence-corrected chi connectivity index (χ4v) is 4.78. The lowest BCUT2D eigenvalue weighted by Gasteiger charge is -2.14. The van der Waals surface area contributed by atoms with Crippen LogP contribution in [-0.2, 0) is 5.75 Å². The second-order valence-electron chi connectivity index (χ2n) is 7.13. The second-order valence-corrected chi connectivity index (χ2v) is 8.43. The lowest BCUT2D eigenvalue weighted by atomic mass is 10.2. The SMILES string of the molecule is N#Cc1ccc(-n2c(SCc3cc4ccccc4nc3Cl)nc3ccccc3c2=O)cc1. The van der Waals surface area contributed by atoms with Crippen molar-refractivity contribution in [2.45, 2.75) is 10.9 Å². The van der Waals surface area contributed by atoms with E-state index in [0.717, 1.165) is 16.5 Å². The van der Waals surface area contributed by atoms with E-state index < -0.39 is 0 Å². The smallest absolute Gasteiger partial charge is 0.266 e. The Morgan fingerprint density at radius 3 is 2.44 bits per heavy atom. The highest BCUT2D eigenvalue weighted by Gasteiger charge is 2.15. The molecule has 2 aromatic heterocycles. The summed E-state index contributed by atoms with van der Waals surface area (Å²) in [6, 6.07) is 26.1. The van der Waals surface area contributed by atoms with Gasteiger partial charge >= 0.3 is 0 Å². The fraction of sp³-hybridized carbons (Fsp3) is 0.0400. The summed E-state index contributed by atoms with van der Waals surface area (Å²) in [5, 5.41) is 11.6. The van der Waals surface area contributed by atoms with Gasteiger partial charge in [0.2, 0.25) is 0 Å². The van der Waals surface area contributed by atoms with Crippen molar-refractivity contribution in [3.05, 3.63) is 105 Å². The number of hydrogen-bond acceptors (Lipinski definition) is 5. The molecule has 0 spiro atoms.